The van der Waals surface area contributed by atoms with Gasteiger partial charge in [-0.1, -0.05) is 32.9 Å². The van der Waals surface area contributed by atoms with Crippen LogP contribution in [0.1, 0.15) is 31.9 Å². The number of hydrogen-bond acceptors (Lipinski definition) is 3. The van der Waals surface area contributed by atoms with Gasteiger partial charge in [-0.2, -0.15) is 4.31 Å². The van der Waals surface area contributed by atoms with Gasteiger partial charge in [-0.25, -0.2) is 8.42 Å². The summed E-state index contributed by atoms with van der Waals surface area (Å²) in [4.78, 5) is 0.485. The van der Waals surface area contributed by atoms with Crippen LogP contribution in [0.2, 0.25) is 0 Å². The van der Waals surface area contributed by atoms with Gasteiger partial charge in [0, 0.05) is 19.6 Å². The summed E-state index contributed by atoms with van der Waals surface area (Å²) in [6, 6.07) is 5.78. The predicted octanol–water partition coefficient (Wildman–Crippen LogP) is 2.24. The van der Waals surface area contributed by atoms with Crippen LogP contribution in [0.4, 0.5) is 0 Å². The average molecular weight is 310 g/mol. The molecule has 0 aromatic heterocycles. The first-order valence-electron chi connectivity index (χ1n) is 7.66. The second-order valence-corrected chi connectivity index (χ2v) is 8.01. The van der Waals surface area contributed by atoms with E-state index >= 15 is 0 Å². The molecule has 2 unspecified atom stereocenters. The second kappa shape index (κ2) is 6.46. The number of benzene rings is 1. The standard InChI is InChI=1S/C16H26N2O2S/c1-5-15-7-6-14(9-17-4)8-16(15)21(19,20)18-10-12(2)13(3)11-18/h6-8,12-13,17H,5,9-11H2,1-4H3. The highest BCUT2D eigenvalue weighted by Gasteiger charge is 2.35. The zero-order valence-corrected chi connectivity index (χ0v) is 14.2. The highest BCUT2D eigenvalue weighted by Crippen LogP contribution is 2.30. The lowest BCUT2D eigenvalue weighted by molar-refractivity contribution is 0.462. The summed E-state index contributed by atoms with van der Waals surface area (Å²) in [5, 5.41) is 3.08. The fourth-order valence-corrected chi connectivity index (χ4v) is 4.84. The summed E-state index contributed by atoms with van der Waals surface area (Å²) in [5.41, 5.74) is 1.91. The molecule has 0 aliphatic carbocycles. The van der Waals surface area contributed by atoms with Crippen LogP contribution in [0.3, 0.4) is 0 Å². The van der Waals surface area contributed by atoms with E-state index in [4.69, 9.17) is 0 Å². The summed E-state index contributed by atoms with van der Waals surface area (Å²) >= 11 is 0. The van der Waals surface area contributed by atoms with E-state index in [-0.39, 0.29) is 0 Å². The number of nitrogens with one attached hydrogen (secondary N) is 1. The Bertz CT molecular complexity index is 588. The fraction of sp³-hybridized carbons (Fsp3) is 0.625. The van der Waals surface area contributed by atoms with Gasteiger partial charge >= 0.3 is 0 Å². The van der Waals surface area contributed by atoms with Gasteiger partial charge in [-0.05, 0) is 42.5 Å². The van der Waals surface area contributed by atoms with Crippen LogP contribution in [0.5, 0.6) is 0 Å². The van der Waals surface area contributed by atoms with Crippen LogP contribution in [0.15, 0.2) is 23.1 Å². The highest BCUT2D eigenvalue weighted by atomic mass is 32.2. The monoisotopic (exact) mass is 310 g/mol. The van der Waals surface area contributed by atoms with Gasteiger partial charge in [0.05, 0.1) is 4.90 Å². The molecule has 0 bridgehead atoms. The maximum Gasteiger partial charge on any atom is 0.243 e. The van der Waals surface area contributed by atoms with E-state index in [9.17, 15) is 8.42 Å². The molecule has 1 aliphatic rings. The maximum atomic E-state index is 13.0. The molecule has 1 aromatic carbocycles. The largest absolute Gasteiger partial charge is 0.316 e. The molecule has 1 heterocycles. The molecule has 1 saturated heterocycles. The second-order valence-electron chi connectivity index (χ2n) is 6.10. The molecule has 1 aromatic rings. The van der Waals surface area contributed by atoms with Crippen molar-refractivity contribution in [3.8, 4) is 0 Å². The number of sulfonamides is 1. The zero-order valence-electron chi connectivity index (χ0n) is 13.4. The Morgan fingerprint density at radius 3 is 2.38 bits per heavy atom. The molecule has 1 N–H and O–H groups in total. The molecule has 0 radical (unpaired) electrons. The van der Waals surface area contributed by atoms with Gasteiger partial charge in [0.1, 0.15) is 0 Å². The van der Waals surface area contributed by atoms with Crippen molar-refractivity contribution in [3.05, 3.63) is 29.3 Å². The topological polar surface area (TPSA) is 49.4 Å². The van der Waals surface area contributed by atoms with E-state index in [1.807, 2.05) is 32.2 Å². The van der Waals surface area contributed by atoms with Gasteiger partial charge in [0.15, 0.2) is 0 Å². The Hall–Kier alpha value is -0.910. The van der Waals surface area contributed by atoms with Crippen LogP contribution in [0.25, 0.3) is 0 Å². The van der Waals surface area contributed by atoms with Gasteiger partial charge < -0.3 is 5.32 Å². The van der Waals surface area contributed by atoms with E-state index in [1.165, 1.54) is 0 Å². The van der Waals surface area contributed by atoms with Crippen molar-refractivity contribution in [2.24, 2.45) is 11.8 Å². The molecule has 5 heteroatoms. The Labute approximate surface area is 128 Å². The lowest BCUT2D eigenvalue weighted by atomic mass is 10.0. The molecule has 2 atom stereocenters. The Morgan fingerprint density at radius 1 is 1.24 bits per heavy atom. The molecular weight excluding hydrogens is 284 g/mol. The van der Waals surface area contributed by atoms with Crippen molar-refractivity contribution < 1.29 is 8.42 Å². The highest BCUT2D eigenvalue weighted by molar-refractivity contribution is 7.89. The van der Waals surface area contributed by atoms with E-state index in [0.29, 0.717) is 36.4 Å². The minimum absolute atomic E-state index is 0.422. The molecule has 1 fully saturated rings. The van der Waals surface area contributed by atoms with E-state index < -0.39 is 10.0 Å². The Morgan fingerprint density at radius 2 is 1.86 bits per heavy atom. The summed E-state index contributed by atoms with van der Waals surface area (Å²) in [7, 11) is -1.52. The van der Waals surface area contributed by atoms with Crippen LogP contribution >= 0.6 is 0 Å². The first kappa shape index (κ1) is 16.5. The van der Waals surface area contributed by atoms with Crippen molar-refractivity contribution in [2.45, 2.75) is 38.6 Å². The molecule has 118 valence electrons. The average Bonchev–Trinajstić information content (AvgIpc) is 2.80. The summed E-state index contributed by atoms with van der Waals surface area (Å²) in [6.07, 6.45) is 0.730. The molecular formula is C16H26N2O2S. The van der Waals surface area contributed by atoms with Crippen molar-refractivity contribution >= 4 is 10.0 Å². The quantitative estimate of drug-likeness (QED) is 0.907. The lowest BCUT2D eigenvalue weighted by Gasteiger charge is -2.19. The number of aryl methyl sites for hydroxylation is 1. The molecule has 2 rings (SSSR count). The Kier molecular flexibility index (Phi) is 5.07. The van der Waals surface area contributed by atoms with Crippen LogP contribution in [-0.4, -0.2) is 32.9 Å². The summed E-state index contributed by atoms with van der Waals surface area (Å²) < 4.78 is 27.6. The number of nitrogens with zero attached hydrogens (tertiary/aromatic N) is 1. The third-order valence-electron chi connectivity index (χ3n) is 4.47. The van der Waals surface area contributed by atoms with Crippen LogP contribution < -0.4 is 5.32 Å². The first-order valence-corrected chi connectivity index (χ1v) is 9.10. The molecule has 4 nitrogen and oxygen atoms in total. The lowest BCUT2D eigenvalue weighted by Crippen LogP contribution is -2.30. The minimum atomic E-state index is -3.38. The van der Waals surface area contributed by atoms with Gasteiger partial charge in [-0.15, -0.1) is 0 Å². The van der Waals surface area contributed by atoms with E-state index in [0.717, 1.165) is 17.5 Å². The molecule has 0 amide bonds. The van der Waals surface area contributed by atoms with Crippen molar-refractivity contribution in [3.63, 3.8) is 0 Å². The number of rotatable bonds is 5. The van der Waals surface area contributed by atoms with E-state index in [1.54, 1.807) is 4.31 Å². The molecule has 1 aliphatic heterocycles. The van der Waals surface area contributed by atoms with Crippen molar-refractivity contribution in [1.82, 2.24) is 9.62 Å². The fourth-order valence-electron chi connectivity index (χ4n) is 2.86. The van der Waals surface area contributed by atoms with Gasteiger partial charge in [0.25, 0.3) is 0 Å². The van der Waals surface area contributed by atoms with Gasteiger partial charge in [-0.3, -0.25) is 0 Å². The summed E-state index contributed by atoms with van der Waals surface area (Å²) in [5.74, 6) is 0.843. The maximum absolute atomic E-state index is 13.0. The molecule has 0 saturated carbocycles. The van der Waals surface area contributed by atoms with Crippen LogP contribution in [0, 0.1) is 11.8 Å². The molecule has 0 spiro atoms. The van der Waals surface area contributed by atoms with Crippen molar-refractivity contribution in [2.75, 3.05) is 20.1 Å². The third kappa shape index (κ3) is 3.30. The SMILES string of the molecule is CCc1ccc(CNC)cc1S(=O)(=O)N1CC(C)C(C)C1. The smallest absolute Gasteiger partial charge is 0.243 e. The van der Waals surface area contributed by atoms with Gasteiger partial charge in [0.2, 0.25) is 10.0 Å². The summed E-state index contributed by atoms with van der Waals surface area (Å²) in [6.45, 7) is 8.18. The zero-order chi connectivity index (χ0) is 15.6. The predicted molar refractivity (Wildman–Crippen MR) is 85.7 cm³/mol. The normalized spacial score (nSPS) is 23.6. The van der Waals surface area contributed by atoms with E-state index in [2.05, 4.69) is 19.2 Å². The number of hydrogen-bond donors (Lipinski definition) is 1. The van der Waals surface area contributed by atoms with Crippen LogP contribution in [-0.2, 0) is 23.0 Å². The first-order chi connectivity index (χ1) is 9.90. The van der Waals surface area contributed by atoms with Crippen molar-refractivity contribution in [1.29, 1.82) is 0 Å². The third-order valence-corrected chi connectivity index (χ3v) is 6.38. The Balaban J connectivity index is 2.41. The molecule has 21 heavy (non-hydrogen) atoms. The minimum Gasteiger partial charge on any atom is -0.316 e.